The summed E-state index contributed by atoms with van der Waals surface area (Å²) >= 11 is 0. The van der Waals surface area contributed by atoms with Gasteiger partial charge in [-0.25, -0.2) is 4.18 Å². The third-order valence-corrected chi connectivity index (χ3v) is 7.79. The molecule has 0 aromatic heterocycles. The number of aliphatic hydroxyl groups excluding tert-OH is 5. The molecule has 0 bridgehead atoms. The molecule has 0 saturated carbocycles. The van der Waals surface area contributed by atoms with Gasteiger partial charge in [-0.15, -0.1) is 0 Å². The lowest BCUT2D eigenvalue weighted by Crippen LogP contribution is -2.61. The van der Waals surface area contributed by atoms with Crippen LogP contribution in [0.5, 0.6) is 0 Å². The van der Waals surface area contributed by atoms with Crippen LogP contribution in [0.15, 0.2) is 24.3 Å². The standard InChI is InChI=1S/C30H55NO12S/c1-3-5-7-9-11-13-15-17-19-24(34)29(37)31-22(23(33)18-16-14-12-10-8-6-4-2)21-41-30-27(36)28(43-44(38,39)40)26(35)25(20-32)42-30/h8,10,16,18,22-28,30,32-36H,3-7,9,11-15,17,19-21H2,1-2H3,(H,31,37)(H,38,39,40)/b10-8+,18-16+. The lowest BCUT2D eigenvalue weighted by atomic mass is 9.99. The van der Waals surface area contributed by atoms with Gasteiger partial charge in [0.1, 0.15) is 30.5 Å². The van der Waals surface area contributed by atoms with Crippen molar-refractivity contribution >= 4 is 16.3 Å². The summed E-state index contributed by atoms with van der Waals surface area (Å²) in [5.74, 6) is -0.724. The molecule has 0 aliphatic carbocycles. The summed E-state index contributed by atoms with van der Waals surface area (Å²) in [6.45, 7) is 2.96. The van der Waals surface area contributed by atoms with E-state index >= 15 is 0 Å². The molecule has 1 aliphatic rings. The van der Waals surface area contributed by atoms with Crippen LogP contribution in [0.2, 0.25) is 0 Å². The van der Waals surface area contributed by atoms with Crippen molar-refractivity contribution in [2.24, 2.45) is 0 Å². The fourth-order valence-electron chi connectivity index (χ4n) is 4.72. The highest BCUT2D eigenvalue weighted by molar-refractivity contribution is 7.80. The largest absolute Gasteiger partial charge is 0.397 e. The third kappa shape index (κ3) is 16.7. The molecule has 0 spiro atoms. The predicted octanol–water partition coefficient (Wildman–Crippen LogP) is 2.06. The second kappa shape index (κ2) is 23.0. The summed E-state index contributed by atoms with van der Waals surface area (Å²) in [7, 11) is -5.10. The van der Waals surface area contributed by atoms with Crippen LogP contribution in [0, 0.1) is 0 Å². The molecule has 1 rings (SSSR count). The van der Waals surface area contributed by atoms with E-state index < -0.39 is 78.5 Å². The zero-order valence-electron chi connectivity index (χ0n) is 26.1. The fourth-order valence-corrected chi connectivity index (χ4v) is 5.22. The molecule has 0 radical (unpaired) electrons. The predicted molar refractivity (Wildman–Crippen MR) is 164 cm³/mol. The smallest absolute Gasteiger partial charge is 0.394 e. The Kier molecular flexibility index (Phi) is 21.2. The molecule has 14 heteroatoms. The van der Waals surface area contributed by atoms with Crippen molar-refractivity contribution in [3.63, 3.8) is 0 Å². The topological polar surface area (TPSA) is 212 Å². The number of unbranched alkanes of at least 4 members (excludes halogenated alkanes) is 9. The van der Waals surface area contributed by atoms with Crippen molar-refractivity contribution in [2.75, 3.05) is 13.2 Å². The van der Waals surface area contributed by atoms with Crippen LogP contribution in [0.1, 0.15) is 97.3 Å². The molecule has 7 N–H and O–H groups in total. The van der Waals surface area contributed by atoms with E-state index in [1.165, 1.54) is 31.8 Å². The Balaban J connectivity index is 2.85. The first-order valence-electron chi connectivity index (χ1n) is 15.8. The molecule has 1 saturated heterocycles. The second-order valence-corrected chi connectivity index (χ2v) is 12.2. The molecule has 1 aliphatic heterocycles. The Hall–Kier alpha value is -1.46. The Morgan fingerprint density at radius 3 is 2.14 bits per heavy atom. The number of aliphatic hydroxyl groups is 5. The van der Waals surface area contributed by atoms with Crippen molar-refractivity contribution in [3.05, 3.63) is 24.3 Å². The van der Waals surface area contributed by atoms with Gasteiger partial charge in [0.15, 0.2) is 6.29 Å². The van der Waals surface area contributed by atoms with E-state index in [2.05, 4.69) is 29.4 Å². The van der Waals surface area contributed by atoms with Gasteiger partial charge in [-0.2, -0.15) is 8.42 Å². The van der Waals surface area contributed by atoms with Gasteiger partial charge in [0.25, 0.3) is 0 Å². The number of carbonyl (C=O) groups excluding carboxylic acids is 1. The maximum absolute atomic E-state index is 12.8. The molecule has 258 valence electrons. The molecule has 44 heavy (non-hydrogen) atoms. The first-order valence-corrected chi connectivity index (χ1v) is 17.2. The highest BCUT2D eigenvalue weighted by Crippen LogP contribution is 2.26. The van der Waals surface area contributed by atoms with Gasteiger partial charge in [-0.3, -0.25) is 9.35 Å². The van der Waals surface area contributed by atoms with Crippen LogP contribution >= 0.6 is 0 Å². The number of carbonyl (C=O) groups is 1. The maximum atomic E-state index is 12.8. The Bertz CT molecular complexity index is 931. The van der Waals surface area contributed by atoms with Gasteiger partial charge < -0.3 is 40.3 Å². The van der Waals surface area contributed by atoms with E-state index in [4.69, 9.17) is 14.0 Å². The molecular formula is C30H55NO12S. The number of allylic oxidation sites excluding steroid dienone is 3. The van der Waals surface area contributed by atoms with Gasteiger partial charge >= 0.3 is 10.4 Å². The van der Waals surface area contributed by atoms with Gasteiger partial charge in [0.05, 0.1) is 25.4 Å². The minimum atomic E-state index is -5.10. The monoisotopic (exact) mass is 653 g/mol. The number of ether oxygens (including phenoxy) is 2. The molecule has 8 unspecified atom stereocenters. The lowest BCUT2D eigenvalue weighted by molar-refractivity contribution is -0.298. The van der Waals surface area contributed by atoms with Crippen LogP contribution in [0.25, 0.3) is 0 Å². The Morgan fingerprint density at radius 1 is 0.909 bits per heavy atom. The summed E-state index contributed by atoms with van der Waals surface area (Å²) in [4.78, 5) is 12.8. The van der Waals surface area contributed by atoms with Crippen LogP contribution < -0.4 is 5.32 Å². The Labute approximate surface area is 262 Å². The van der Waals surface area contributed by atoms with Gasteiger partial charge in [0, 0.05) is 0 Å². The quantitative estimate of drug-likeness (QED) is 0.0453. The van der Waals surface area contributed by atoms with Gasteiger partial charge in [-0.1, -0.05) is 95.9 Å². The van der Waals surface area contributed by atoms with Crippen LogP contribution in [-0.4, -0.2) is 107 Å². The minimum absolute atomic E-state index is 0.236. The summed E-state index contributed by atoms with van der Waals surface area (Å²) in [5.41, 5.74) is 0. The van der Waals surface area contributed by atoms with Gasteiger partial charge in [0.2, 0.25) is 5.91 Å². The molecule has 0 aromatic carbocycles. The molecule has 1 amide bonds. The molecule has 1 fully saturated rings. The number of hydrogen-bond donors (Lipinski definition) is 7. The van der Waals surface area contributed by atoms with E-state index in [1.807, 2.05) is 6.08 Å². The minimum Gasteiger partial charge on any atom is -0.394 e. The van der Waals surface area contributed by atoms with E-state index in [9.17, 15) is 38.7 Å². The normalized spacial score (nSPS) is 25.0. The third-order valence-electron chi connectivity index (χ3n) is 7.32. The maximum Gasteiger partial charge on any atom is 0.397 e. The van der Waals surface area contributed by atoms with Crippen molar-refractivity contribution < 1.29 is 57.0 Å². The van der Waals surface area contributed by atoms with E-state index in [0.717, 1.165) is 38.5 Å². The van der Waals surface area contributed by atoms with Crippen molar-refractivity contribution in [1.29, 1.82) is 0 Å². The zero-order chi connectivity index (χ0) is 33.0. The molecule has 8 atom stereocenters. The highest BCUT2D eigenvalue weighted by atomic mass is 32.3. The molecule has 0 aromatic rings. The SMILES string of the molecule is CCC/C=C/CC/C=C/C(O)C(COC1OC(CO)C(O)C(OS(=O)(=O)O)C1O)NC(=O)C(O)CCCCCCCCCC. The zero-order valence-corrected chi connectivity index (χ0v) is 26.9. The van der Waals surface area contributed by atoms with Crippen molar-refractivity contribution in [1.82, 2.24) is 5.32 Å². The van der Waals surface area contributed by atoms with Crippen molar-refractivity contribution in [3.8, 4) is 0 Å². The summed E-state index contributed by atoms with van der Waals surface area (Å²) in [6.07, 6.45) is 7.89. The molecule has 13 nitrogen and oxygen atoms in total. The average Bonchev–Trinajstić information content (AvgIpc) is 2.98. The molecular weight excluding hydrogens is 598 g/mol. The van der Waals surface area contributed by atoms with Crippen LogP contribution in [-0.2, 0) is 28.9 Å². The second-order valence-electron chi connectivity index (χ2n) is 11.2. The van der Waals surface area contributed by atoms with Gasteiger partial charge in [-0.05, 0) is 25.7 Å². The number of hydrogen-bond acceptors (Lipinski definition) is 11. The average molecular weight is 654 g/mol. The first-order chi connectivity index (χ1) is 20.9. The van der Waals surface area contributed by atoms with E-state index in [0.29, 0.717) is 12.8 Å². The first kappa shape index (κ1) is 40.6. The Morgan fingerprint density at radius 2 is 1.52 bits per heavy atom. The van der Waals surface area contributed by atoms with Crippen molar-refractivity contribution in [2.45, 2.75) is 146 Å². The number of rotatable bonds is 24. The van der Waals surface area contributed by atoms with Crippen LogP contribution in [0.3, 0.4) is 0 Å². The fraction of sp³-hybridized carbons (Fsp3) is 0.833. The van der Waals surface area contributed by atoms with Crippen LogP contribution in [0.4, 0.5) is 0 Å². The number of amides is 1. The molecule has 1 heterocycles. The van der Waals surface area contributed by atoms with E-state index in [1.54, 1.807) is 6.08 Å². The summed E-state index contributed by atoms with van der Waals surface area (Å²) in [5, 5.41) is 54.2. The lowest BCUT2D eigenvalue weighted by Gasteiger charge is -2.41. The number of nitrogens with one attached hydrogen (secondary N) is 1. The highest BCUT2D eigenvalue weighted by Gasteiger charge is 2.48. The summed E-state index contributed by atoms with van der Waals surface area (Å²) < 4.78 is 46.8. The van der Waals surface area contributed by atoms with E-state index in [-0.39, 0.29) is 6.42 Å². The summed E-state index contributed by atoms with van der Waals surface area (Å²) in [6, 6.07) is -1.13.